The van der Waals surface area contributed by atoms with Crippen molar-refractivity contribution in [2.24, 2.45) is 5.73 Å². The molecule has 1 aliphatic carbocycles. The third-order valence-electron chi connectivity index (χ3n) is 5.16. The molecule has 1 aliphatic heterocycles. The Bertz CT molecular complexity index is 860. The molecule has 3 rings (SSSR count). The van der Waals surface area contributed by atoms with Crippen LogP contribution in [0.15, 0.2) is 58.8 Å². The molecule has 1 aromatic rings. The van der Waals surface area contributed by atoms with Gasteiger partial charge < -0.3 is 15.8 Å². The molecule has 0 saturated carbocycles. The number of nitrogens with one attached hydrogen (secondary N) is 1. The van der Waals surface area contributed by atoms with Crippen LogP contribution in [0.25, 0.3) is 0 Å². The quantitative estimate of drug-likeness (QED) is 0.793. The minimum atomic E-state index is -0.109. The lowest BCUT2D eigenvalue weighted by Gasteiger charge is -2.30. The number of nitrogens with zero attached hydrogens (tertiary/aromatic N) is 2. The van der Waals surface area contributed by atoms with Crippen LogP contribution in [0.4, 0.5) is 0 Å². The van der Waals surface area contributed by atoms with Gasteiger partial charge in [0.1, 0.15) is 5.75 Å². The smallest absolute Gasteiger partial charge is 0.250 e. The number of ether oxygens (including phenoxy) is 1. The highest BCUT2D eigenvalue weighted by Gasteiger charge is 2.23. The Kier molecular flexibility index (Phi) is 6.51. The van der Waals surface area contributed by atoms with Crippen LogP contribution in [0.2, 0.25) is 0 Å². The van der Waals surface area contributed by atoms with Gasteiger partial charge in [0.05, 0.1) is 13.2 Å². The first-order chi connectivity index (χ1) is 13.6. The van der Waals surface area contributed by atoms with E-state index in [1.54, 1.807) is 7.11 Å². The summed E-state index contributed by atoms with van der Waals surface area (Å²) in [6.45, 7) is 2.64. The van der Waals surface area contributed by atoms with Crippen molar-refractivity contribution in [1.29, 1.82) is 5.26 Å². The lowest BCUT2D eigenvalue weighted by Crippen LogP contribution is -2.40. The SMILES string of the molecule is COc1ccc(CNC(=O)C2=C(N)CCN(CC3=CC=C(C#N)CC3)C2)cc1. The summed E-state index contributed by atoms with van der Waals surface area (Å²) in [6.07, 6.45) is 6.32. The minimum absolute atomic E-state index is 0.109. The van der Waals surface area contributed by atoms with E-state index in [1.165, 1.54) is 5.57 Å². The zero-order valence-electron chi connectivity index (χ0n) is 16.2. The van der Waals surface area contributed by atoms with Gasteiger partial charge in [-0.1, -0.05) is 23.8 Å². The molecule has 0 fully saturated rings. The van der Waals surface area contributed by atoms with Crippen molar-refractivity contribution in [3.05, 3.63) is 64.4 Å². The van der Waals surface area contributed by atoms with Crippen LogP contribution < -0.4 is 15.8 Å². The first-order valence-electron chi connectivity index (χ1n) is 9.48. The highest BCUT2D eigenvalue weighted by molar-refractivity contribution is 5.94. The van der Waals surface area contributed by atoms with E-state index in [-0.39, 0.29) is 5.91 Å². The summed E-state index contributed by atoms with van der Waals surface area (Å²) >= 11 is 0. The van der Waals surface area contributed by atoms with E-state index < -0.39 is 0 Å². The molecule has 0 radical (unpaired) electrons. The van der Waals surface area contributed by atoms with Gasteiger partial charge in [0.15, 0.2) is 0 Å². The van der Waals surface area contributed by atoms with Gasteiger partial charge in [0.2, 0.25) is 0 Å². The van der Waals surface area contributed by atoms with Crippen LogP contribution in [-0.2, 0) is 11.3 Å². The summed E-state index contributed by atoms with van der Waals surface area (Å²) in [5, 5.41) is 11.9. The lowest BCUT2D eigenvalue weighted by atomic mass is 9.97. The second kappa shape index (κ2) is 9.25. The van der Waals surface area contributed by atoms with Crippen LogP contribution in [-0.4, -0.2) is 37.6 Å². The van der Waals surface area contributed by atoms with Gasteiger partial charge in [0.25, 0.3) is 5.91 Å². The van der Waals surface area contributed by atoms with Gasteiger partial charge in [-0.3, -0.25) is 9.69 Å². The molecule has 1 amide bonds. The summed E-state index contributed by atoms with van der Waals surface area (Å²) in [6, 6.07) is 9.83. The molecule has 0 spiro atoms. The monoisotopic (exact) mass is 378 g/mol. The summed E-state index contributed by atoms with van der Waals surface area (Å²) < 4.78 is 5.15. The third kappa shape index (κ3) is 5.02. The van der Waals surface area contributed by atoms with Gasteiger partial charge in [-0.05, 0) is 36.6 Å². The molecule has 0 aromatic heterocycles. The molecule has 28 heavy (non-hydrogen) atoms. The predicted octanol–water partition coefficient (Wildman–Crippen LogP) is 2.40. The standard InChI is InChI=1S/C22H26N4O2/c1-28-19-8-6-17(7-9-19)13-25-22(27)20-15-26(11-10-21(20)24)14-18-4-2-16(12-23)3-5-18/h2,4,6-9H,3,5,10-11,13-15,24H2,1H3,(H,25,27). The number of nitrogens with two attached hydrogens (primary N) is 1. The molecular weight excluding hydrogens is 352 g/mol. The molecule has 1 heterocycles. The van der Waals surface area contributed by atoms with Crippen molar-refractivity contribution in [1.82, 2.24) is 10.2 Å². The molecule has 6 nitrogen and oxygen atoms in total. The van der Waals surface area contributed by atoms with Crippen molar-refractivity contribution < 1.29 is 9.53 Å². The van der Waals surface area contributed by atoms with Crippen LogP contribution in [0.5, 0.6) is 5.75 Å². The second-order valence-electron chi connectivity index (χ2n) is 7.12. The number of amides is 1. The molecule has 0 unspecified atom stereocenters. The van der Waals surface area contributed by atoms with Crippen molar-refractivity contribution in [2.75, 3.05) is 26.7 Å². The highest BCUT2D eigenvalue weighted by atomic mass is 16.5. The Labute approximate surface area is 166 Å². The van der Waals surface area contributed by atoms with Crippen molar-refractivity contribution in [3.63, 3.8) is 0 Å². The number of rotatable bonds is 6. The lowest BCUT2D eigenvalue weighted by molar-refractivity contribution is -0.118. The Morgan fingerprint density at radius 1 is 1.25 bits per heavy atom. The zero-order valence-corrected chi connectivity index (χ0v) is 16.2. The highest BCUT2D eigenvalue weighted by Crippen LogP contribution is 2.21. The molecule has 146 valence electrons. The molecule has 1 aromatic carbocycles. The van der Waals surface area contributed by atoms with Crippen LogP contribution in [0.1, 0.15) is 24.8 Å². The molecule has 2 aliphatic rings. The van der Waals surface area contributed by atoms with E-state index >= 15 is 0 Å². The molecule has 6 heteroatoms. The fraction of sp³-hybridized carbons (Fsp3) is 0.364. The first kappa shape index (κ1) is 19.7. The number of methoxy groups -OCH3 is 1. The fourth-order valence-corrected chi connectivity index (χ4v) is 3.41. The maximum Gasteiger partial charge on any atom is 0.250 e. The van der Waals surface area contributed by atoms with Gasteiger partial charge in [-0.15, -0.1) is 0 Å². The van der Waals surface area contributed by atoms with Crippen LogP contribution >= 0.6 is 0 Å². The van der Waals surface area contributed by atoms with Crippen molar-refractivity contribution >= 4 is 5.91 Å². The predicted molar refractivity (Wildman–Crippen MR) is 108 cm³/mol. The number of carbonyl (C=O) groups is 1. The van der Waals surface area contributed by atoms with Gasteiger partial charge in [-0.2, -0.15) is 5.26 Å². The first-order valence-corrected chi connectivity index (χ1v) is 9.48. The van der Waals surface area contributed by atoms with Gasteiger partial charge >= 0.3 is 0 Å². The molecule has 3 N–H and O–H groups in total. The van der Waals surface area contributed by atoms with E-state index in [2.05, 4.69) is 16.3 Å². The second-order valence-corrected chi connectivity index (χ2v) is 7.12. The molecule has 0 saturated heterocycles. The Hall–Kier alpha value is -3.04. The maximum absolute atomic E-state index is 12.7. The van der Waals surface area contributed by atoms with Crippen molar-refractivity contribution in [2.45, 2.75) is 25.8 Å². The van der Waals surface area contributed by atoms with Crippen molar-refractivity contribution in [3.8, 4) is 11.8 Å². The number of carbonyl (C=O) groups excluding carboxylic acids is 1. The summed E-state index contributed by atoms with van der Waals surface area (Å²) in [5.41, 5.74) is 10.6. The fourth-order valence-electron chi connectivity index (χ4n) is 3.41. The summed E-state index contributed by atoms with van der Waals surface area (Å²) in [7, 11) is 1.63. The van der Waals surface area contributed by atoms with E-state index in [0.717, 1.165) is 42.8 Å². The van der Waals surface area contributed by atoms with Crippen LogP contribution in [0.3, 0.4) is 0 Å². The number of hydrogen-bond acceptors (Lipinski definition) is 5. The Morgan fingerprint density at radius 3 is 2.68 bits per heavy atom. The number of hydrogen-bond donors (Lipinski definition) is 2. The Morgan fingerprint density at radius 2 is 2.04 bits per heavy atom. The minimum Gasteiger partial charge on any atom is -0.497 e. The van der Waals surface area contributed by atoms with E-state index in [1.807, 2.05) is 36.4 Å². The third-order valence-corrected chi connectivity index (χ3v) is 5.16. The normalized spacial score (nSPS) is 17.4. The van der Waals surface area contributed by atoms with Gasteiger partial charge in [0, 0.05) is 49.4 Å². The molecule has 0 atom stereocenters. The topological polar surface area (TPSA) is 91.4 Å². The van der Waals surface area contributed by atoms with Gasteiger partial charge in [-0.25, -0.2) is 0 Å². The average Bonchev–Trinajstić information content (AvgIpc) is 2.74. The maximum atomic E-state index is 12.7. The van der Waals surface area contributed by atoms with E-state index in [4.69, 9.17) is 15.7 Å². The number of benzene rings is 1. The molecular formula is C22H26N4O2. The molecule has 0 bridgehead atoms. The average molecular weight is 378 g/mol. The summed E-state index contributed by atoms with van der Waals surface area (Å²) in [4.78, 5) is 14.9. The summed E-state index contributed by atoms with van der Waals surface area (Å²) in [5.74, 6) is 0.681. The zero-order chi connectivity index (χ0) is 19.9. The van der Waals surface area contributed by atoms with Crippen LogP contribution in [0, 0.1) is 11.3 Å². The largest absolute Gasteiger partial charge is 0.497 e. The van der Waals surface area contributed by atoms with E-state index in [9.17, 15) is 4.79 Å². The number of allylic oxidation sites excluding steroid dienone is 3. The Balaban J connectivity index is 1.56. The number of nitriles is 1. The van der Waals surface area contributed by atoms with E-state index in [0.29, 0.717) is 30.8 Å².